The highest BCUT2D eigenvalue weighted by Crippen LogP contribution is 2.50. The van der Waals surface area contributed by atoms with Crippen LogP contribution in [0.25, 0.3) is 0 Å². The molecule has 2 aromatic carbocycles. The minimum Gasteiger partial charge on any atom is -0.374 e. The maximum atomic E-state index is 14.2. The van der Waals surface area contributed by atoms with E-state index in [9.17, 15) is 18.0 Å². The summed E-state index contributed by atoms with van der Waals surface area (Å²) < 4.78 is 42.7. The molecule has 184 valence electrons. The highest BCUT2D eigenvalue weighted by molar-refractivity contribution is 6.48. The lowest BCUT2D eigenvalue weighted by Crippen LogP contribution is -2.42. The zero-order chi connectivity index (χ0) is 25.5. The number of nitrogens with one attached hydrogen (secondary N) is 1. The summed E-state index contributed by atoms with van der Waals surface area (Å²) in [6.07, 6.45) is -5.49. The Balaban J connectivity index is 1.86. The predicted octanol–water partition coefficient (Wildman–Crippen LogP) is 7.48. The van der Waals surface area contributed by atoms with Gasteiger partial charge in [-0.15, -0.1) is 5.48 Å². The molecule has 0 amide bonds. The lowest BCUT2D eigenvalue weighted by Gasteiger charge is -2.30. The van der Waals surface area contributed by atoms with Crippen LogP contribution in [0.5, 0.6) is 0 Å². The molecule has 2 aromatic rings. The molecule has 0 fully saturated rings. The van der Waals surface area contributed by atoms with E-state index < -0.39 is 29.6 Å². The Kier molecular flexibility index (Phi) is 7.70. The van der Waals surface area contributed by atoms with Crippen LogP contribution in [-0.4, -0.2) is 17.9 Å². The fourth-order valence-corrected chi connectivity index (χ4v) is 3.85. The van der Waals surface area contributed by atoms with Gasteiger partial charge < -0.3 is 9.68 Å². The Morgan fingerprint density at radius 2 is 1.71 bits per heavy atom. The molecule has 1 unspecified atom stereocenters. The van der Waals surface area contributed by atoms with E-state index in [1.807, 2.05) is 0 Å². The molecule has 1 aliphatic rings. The Morgan fingerprint density at radius 1 is 1.09 bits per heavy atom. The monoisotopic (exact) mass is 556 g/mol. The zero-order valence-corrected chi connectivity index (χ0v) is 21.1. The van der Waals surface area contributed by atoms with Crippen LogP contribution in [0.4, 0.5) is 13.2 Å². The SMILES string of the molecule is CC(C)(C)C(=O)ONCc1cc(C2=NOC(c3cc(Cl)c(Cl)c(Cl)c3)(C(F)(F)F)C2)ccc1Cl. The van der Waals surface area contributed by atoms with Gasteiger partial charge in [0.1, 0.15) is 0 Å². The van der Waals surface area contributed by atoms with Crippen LogP contribution in [0.15, 0.2) is 35.5 Å². The molecule has 0 aromatic heterocycles. The standard InChI is InChI=1S/C22H19Cl4F3N2O3/c1-20(2,3)19(32)33-30-10-12-6-11(4-5-14(12)23)17-9-21(34-31-17,22(27,28)29)13-7-15(24)18(26)16(25)8-13/h4-8,30H,9-10H2,1-3H3. The molecule has 0 spiro atoms. The molecule has 0 aliphatic carbocycles. The van der Waals surface area contributed by atoms with Crippen LogP contribution in [0.3, 0.4) is 0 Å². The minimum absolute atomic E-state index is 0.0233. The summed E-state index contributed by atoms with van der Waals surface area (Å²) in [5, 5.41) is 3.69. The highest BCUT2D eigenvalue weighted by Gasteiger charge is 2.62. The largest absolute Gasteiger partial charge is 0.435 e. The smallest absolute Gasteiger partial charge is 0.374 e. The number of carbonyl (C=O) groups excluding carboxylic acids is 1. The van der Waals surface area contributed by atoms with Crippen molar-refractivity contribution >= 4 is 58.1 Å². The van der Waals surface area contributed by atoms with Gasteiger partial charge in [0.2, 0.25) is 0 Å². The molecule has 0 saturated carbocycles. The lowest BCUT2D eigenvalue weighted by molar-refractivity contribution is -0.275. The van der Waals surface area contributed by atoms with Gasteiger partial charge in [-0.2, -0.15) is 13.2 Å². The zero-order valence-electron chi connectivity index (χ0n) is 18.1. The van der Waals surface area contributed by atoms with Crippen LogP contribution >= 0.6 is 46.4 Å². The van der Waals surface area contributed by atoms with Crippen molar-refractivity contribution in [3.05, 3.63) is 67.1 Å². The van der Waals surface area contributed by atoms with Gasteiger partial charge in [0.15, 0.2) is 0 Å². The third-order valence-electron chi connectivity index (χ3n) is 5.05. The van der Waals surface area contributed by atoms with Crippen molar-refractivity contribution in [3.8, 4) is 0 Å². The van der Waals surface area contributed by atoms with Crippen LogP contribution in [0.1, 0.15) is 43.9 Å². The van der Waals surface area contributed by atoms with E-state index in [2.05, 4.69) is 10.6 Å². The number of oxime groups is 1. The predicted molar refractivity (Wildman–Crippen MR) is 125 cm³/mol. The molecule has 1 heterocycles. The minimum atomic E-state index is -4.85. The maximum Gasteiger partial charge on any atom is 0.435 e. The Morgan fingerprint density at radius 3 is 2.26 bits per heavy atom. The van der Waals surface area contributed by atoms with Crippen molar-refractivity contribution in [3.63, 3.8) is 0 Å². The first kappa shape index (κ1) is 26.9. The summed E-state index contributed by atoms with van der Waals surface area (Å²) in [5.74, 6) is -0.483. The number of hydrogen-bond acceptors (Lipinski definition) is 5. The first-order valence-electron chi connectivity index (χ1n) is 9.85. The second kappa shape index (κ2) is 9.74. The van der Waals surface area contributed by atoms with E-state index in [0.29, 0.717) is 16.1 Å². The van der Waals surface area contributed by atoms with Gasteiger partial charge in [-0.05, 0) is 56.2 Å². The molecule has 0 radical (unpaired) electrons. The molecule has 5 nitrogen and oxygen atoms in total. The molecule has 3 rings (SSSR count). The van der Waals surface area contributed by atoms with Crippen LogP contribution in [0.2, 0.25) is 20.1 Å². The summed E-state index contributed by atoms with van der Waals surface area (Å²) in [5.41, 5.74) is -0.474. The summed E-state index contributed by atoms with van der Waals surface area (Å²) >= 11 is 24.0. The quantitative estimate of drug-likeness (QED) is 0.306. The van der Waals surface area contributed by atoms with Crippen LogP contribution in [-0.2, 0) is 26.6 Å². The van der Waals surface area contributed by atoms with E-state index >= 15 is 0 Å². The van der Waals surface area contributed by atoms with E-state index in [1.165, 1.54) is 18.2 Å². The van der Waals surface area contributed by atoms with E-state index in [4.69, 9.17) is 56.1 Å². The fourth-order valence-electron chi connectivity index (χ4n) is 3.07. The van der Waals surface area contributed by atoms with Crippen molar-refractivity contribution in [2.45, 2.75) is 45.5 Å². The summed E-state index contributed by atoms with van der Waals surface area (Å²) in [6, 6.07) is 6.68. The molecule has 1 atom stereocenters. The normalized spacial score (nSPS) is 18.5. The van der Waals surface area contributed by atoms with Crippen LogP contribution in [0, 0.1) is 5.41 Å². The van der Waals surface area contributed by atoms with Gasteiger partial charge in [-0.1, -0.05) is 57.6 Å². The Labute approximate surface area is 214 Å². The third kappa shape index (κ3) is 5.41. The first-order chi connectivity index (χ1) is 15.7. The molecular weight excluding hydrogens is 539 g/mol. The van der Waals surface area contributed by atoms with E-state index in [1.54, 1.807) is 20.8 Å². The summed E-state index contributed by atoms with van der Waals surface area (Å²) in [4.78, 5) is 21.9. The van der Waals surface area contributed by atoms with Crippen molar-refractivity contribution in [2.24, 2.45) is 10.6 Å². The van der Waals surface area contributed by atoms with Crippen molar-refractivity contribution in [2.75, 3.05) is 0 Å². The molecule has 12 heteroatoms. The van der Waals surface area contributed by atoms with Gasteiger partial charge in [-0.25, -0.2) is 4.79 Å². The number of halogens is 7. The van der Waals surface area contributed by atoms with Gasteiger partial charge in [0.05, 0.1) is 32.7 Å². The molecule has 0 saturated heterocycles. The molecular formula is C22H19Cl4F3N2O3. The van der Waals surface area contributed by atoms with Crippen molar-refractivity contribution < 1.29 is 27.6 Å². The molecule has 1 aliphatic heterocycles. The maximum absolute atomic E-state index is 14.2. The number of rotatable bonds is 5. The molecule has 34 heavy (non-hydrogen) atoms. The first-order valence-corrected chi connectivity index (χ1v) is 11.4. The second-order valence-electron chi connectivity index (χ2n) is 8.65. The molecule has 0 bridgehead atoms. The number of nitrogens with zero attached hydrogens (tertiary/aromatic N) is 1. The average Bonchev–Trinajstić information content (AvgIpc) is 3.19. The van der Waals surface area contributed by atoms with E-state index in [-0.39, 0.29) is 32.9 Å². The highest BCUT2D eigenvalue weighted by atomic mass is 35.5. The van der Waals surface area contributed by atoms with Gasteiger partial charge in [-0.3, -0.25) is 0 Å². The number of hydrogen-bond donors (Lipinski definition) is 1. The third-order valence-corrected chi connectivity index (χ3v) is 6.62. The number of hydroxylamine groups is 1. The Hall–Kier alpha value is -1.71. The van der Waals surface area contributed by atoms with Crippen molar-refractivity contribution in [1.29, 1.82) is 0 Å². The second-order valence-corrected chi connectivity index (χ2v) is 10.3. The topological polar surface area (TPSA) is 59.9 Å². The number of benzene rings is 2. The Bertz CT molecular complexity index is 1130. The average molecular weight is 558 g/mol. The van der Waals surface area contributed by atoms with Crippen LogP contribution < -0.4 is 5.48 Å². The lowest BCUT2D eigenvalue weighted by atomic mass is 9.86. The summed E-state index contributed by atoms with van der Waals surface area (Å²) in [6.45, 7) is 5.10. The number of alkyl halides is 3. The van der Waals surface area contributed by atoms with Gasteiger partial charge >= 0.3 is 12.1 Å². The van der Waals surface area contributed by atoms with E-state index in [0.717, 1.165) is 12.1 Å². The molecule has 1 N–H and O–H groups in total. The van der Waals surface area contributed by atoms with Crippen molar-refractivity contribution in [1.82, 2.24) is 5.48 Å². The van der Waals surface area contributed by atoms with Gasteiger partial charge in [0.25, 0.3) is 5.60 Å². The summed E-state index contributed by atoms with van der Waals surface area (Å²) in [7, 11) is 0. The fraction of sp³-hybridized carbons (Fsp3) is 0.364. The van der Waals surface area contributed by atoms with Gasteiger partial charge in [0, 0.05) is 17.0 Å². The number of carbonyl (C=O) groups is 1.